The third kappa shape index (κ3) is 2.66. The highest BCUT2D eigenvalue weighted by Crippen LogP contribution is 2.20. The Hall–Kier alpha value is -1.62. The summed E-state index contributed by atoms with van der Waals surface area (Å²) in [5.41, 5.74) is -0.145. The summed E-state index contributed by atoms with van der Waals surface area (Å²) in [6.07, 6.45) is 0. The van der Waals surface area contributed by atoms with Crippen LogP contribution in [0.25, 0.3) is 0 Å². The maximum absolute atomic E-state index is 13.3. The van der Waals surface area contributed by atoms with Gasteiger partial charge in [0.15, 0.2) is 0 Å². The van der Waals surface area contributed by atoms with Gasteiger partial charge in [0.1, 0.15) is 17.1 Å². The van der Waals surface area contributed by atoms with Crippen molar-refractivity contribution in [3.63, 3.8) is 0 Å². The second-order valence-corrected chi connectivity index (χ2v) is 2.80. The van der Waals surface area contributed by atoms with Crippen LogP contribution in [-0.2, 0) is 0 Å². The molecule has 0 aliphatic rings. The van der Waals surface area contributed by atoms with Crippen LogP contribution in [0.3, 0.4) is 0 Å². The summed E-state index contributed by atoms with van der Waals surface area (Å²) >= 11 is 0. The number of carbonyl (C=O) groups excluding carboxylic acids is 1. The van der Waals surface area contributed by atoms with Gasteiger partial charge >= 0.3 is 0 Å². The first-order chi connectivity index (χ1) is 7.20. The summed E-state index contributed by atoms with van der Waals surface area (Å²) in [4.78, 5) is 11.5. The van der Waals surface area contributed by atoms with Gasteiger partial charge in [0.25, 0.3) is 5.91 Å². The molecule has 0 spiro atoms. The molecule has 2 N–H and O–H groups in total. The summed E-state index contributed by atoms with van der Waals surface area (Å²) < 4.78 is 18.2. The molecule has 0 aliphatic heterocycles. The third-order valence-corrected chi connectivity index (χ3v) is 1.82. The number of benzene rings is 1. The van der Waals surface area contributed by atoms with Crippen LogP contribution >= 0.6 is 0 Å². The number of aliphatic hydroxyl groups is 1. The molecular weight excluding hydrogens is 201 g/mol. The molecule has 0 saturated carbocycles. The lowest BCUT2D eigenvalue weighted by atomic mass is 10.1. The Morgan fingerprint density at radius 1 is 1.60 bits per heavy atom. The molecule has 4 nitrogen and oxygen atoms in total. The van der Waals surface area contributed by atoms with E-state index in [0.717, 1.165) is 0 Å². The standard InChI is InChI=1S/C10H12FNO3/c1-15-8-4-2-3-7(11)9(8)10(14)12-5-6-13/h2-4,13H,5-6H2,1H3,(H,12,14). The number of aliphatic hydroxyl groups excluding tert-OH is 1. The van der Waals surface area contributed by atoms with Crippen molar-refractivity contribution in [3.8, 4) is 5.75 Å². The van der Waals surface area contributed by atoms with Crippen molar-refractivity contribution in [3.05, 3.63) is 29.6 Å². The molecule has 0 radical (unpaired) electrons. The van der Waals surface area contributed by atoms with Gasteiger partial charge in [-0.1, -0.05) is 6.07 Å². The Labute approximate surface area is 86.7 Å². The fraction of sp³-hybridized carbons (Fsp3) is 0.300. The lowest BCUT2D eigenvalue weighted by Gasteiger charge is -2.08. The number of rotatable bonds is 4. The van der Waals surface area contributed by atoms with Crippen LogP contribution in [0.1, 0.15) is 10.4 Å². The van der Waals surface area contributed by atoms with Gasteiger partial charge in [-0.15, -0.1) is 0 Å². The van der Waals surface area contributed by atoms with Crippen LogP contribution in [0.4, 0.5) is 4.39 Å². The first-order valence-corrected chi connectivity index (χ1v) is 4.42. The van der Waals surface area contributed by atoms with Gasteiger partial charge in [0, 0.05) is 6.54 Å². The monoisotopic (exact) mass is 213 g/mol. The van der Waals surface area contributed by atoms with Crippen LogP contribution in [0, 0.1) is 5.82 Å². The molecule has 0 unspecified atom stereocenters. The van der Waals surface area contributed by atoms with Crippen molar-refractivity contribution in [2.75, 3.05) is 20.3 Å². The molecule has 5 heteroatoms. The molecule has 82 valence electrons. The normalized spacial score (nSPS) is 9.80. The van der Waals surface area contributed by atoms with E-state index in [1.807, 2.05) is 0 Å². The Morgan fingerprint density at radius 2 is 2.33 bits per heavy atom. The molecule has 1 aromatic rings. The molecule has 0 atom stereocenters. The van der Waals surface area contributed by atoms with E-state index in [1.54, 1.807) is 0 Å². The smallest absolute Gasteiger partial charge is 0.258 e. The van der Waals surface area contributed by atoms with Gasteiger partial charge in [0.05, 0.1) is 13.7 Å². The van der Waals surface area contributed by atoms with Crippen LogP contribution in [-0.4, -0.2) is 31.3 Å². The van der Waals surface area contributed by atoms with E-state index in [2.05, 4.69) is 5.32 Å². The topological polar surface area (TPSA) is 58.6 Å². The minimum absolute atomic E-state index is 0.0797. The van der Waals surface area contributed by atoms with Crippen LogP contribution in [0.15, 0.2) is 18.2 Å². The zero-order chi connectivity index (χ0) is 11.3. The summed E-state index contributed by atoms with van der Waals surface area (Å²) in [5, 5.41) is 10.9. The van der Waals surface area contributed by atoms with Crippen molar-refractivity contribution in [1.29, 1.82) is 0 Å². The highest BCUT2D eigenvalue weighted by atomic mass is 19.1. The van der Waals surface area contributed by atoms with E-state index in [-0.39, 0.29) is 24.5 Å². The molecule has 0 fully saturated rings. The third-order valence-electron chi connectivity index (χ3n) is 1.82. The predicted octanol–water partition coefficient (Wildman–Crippen LogP) is 0.556. The summed E-state index contributed by atoms with van der Waals surface area (Å²) in [6, 6.07) is 4.13. The summed E-state index contributed by atoms with van der Waals surface area (Å²) in [7, 11) is 1.36. The van der Waals surface area contributed by atoms with Crippen molar-refractivity contribution in [2.45, 2.75) is 0 Å². The van der Waals surface area contributed by atoms with Crippen LogP contribution in [0.2, 0.25) is 0 Å². The zero-order valence-electron chi connectivity index (χ0n) is 8.29. The quantitative estimate of drug-likeness (QED) is 0.768. The minimum atomic E-state index is -0.648. The lowest BCUT2D eigenvalue weighted by molar-refractivity contribution is 0.0937. The van der Waals surface area contributed by atoms with Gasteiger partial charge in [-0.05, 0) is 12.1 Å². The molecule has 0 bridgehead atoms. The van der Waals surface area contributed by atoms with E-state index in [1.165, 1.54) is 25.3 Å². The molecule has 0 heterocycles. The molecular formula is C10H12FNO3. The van der Waals surface area contributed by atoms with Crippen molar-refractivity contribution in [1.82, 2.24) is 5.32 Å². The van der Waals surface area contributed by atoms with Gasteiger partial charge in [-0.3, -0.25) is 4.79 Å². The first-order valence-electron chi connectivity index (χ1n) is 4.42. The Bertz CT molecular complexity index is 355. The molecule has 0 aliphatic carbocycles. The zero-order valence-corrected chi connectivity index (χ0v) is 8.29. The number of halogens is 1. The van der Waals surface area contributed by atoms with E-state index in [0.29, 0.717) is 0 Å². The van der Waals surface area contributed by atoms with E-state index < -0.39 is 11.7 Å². The van der Waals surface area contributed by atoms with Gasteiger partial charge < -0.3 is 15.2 Å². The number of nitrogens with one attached hydrogen (secondary N) is 1. The van der Waals surface area contributed by atoms with Gasteiger partial charge in [0.2, 0.25) is 0 Å². The Morgan fingerprint density at radius 3 is 2.93 bits per heavy atom. The van der Waals surface area contributed by atoms with Crippen molar-refractivity contribution >= 4 is 5.91 Å². The maximum Gasteiger partial charge on any atom is 0.258 e. The van der Waals surface area contributed by atoms with Crippen molar-refractivity contribution < 1.29 is 19.0 Å². The molecule has 1 rings (SSSR count). The van der Waals surface area contributed by atoms with E-state index >= 15 is 0 Å². The Kier molecular flexibility index (Phi) is 4.05. The van der Waals surface area contributed by atoms with E-state index in [4.69, 9.17) is 9.84 Å². The molecule has 1 amide bonds. The molecule has 1 aromatic carbocycles. The lowest BCUT2D eigenvalue weighted by Crippen LogP contribution is -2.27. The number of carbonyl (C=O) groups is 1. The van der Waals surface area contributed by atoms with E-state index in [9.17, 15) is 9.18 Å². The second-order valence-electron chi connectivity index (χ2n) is 2.80. The SMILES string of the molecule is COc1cccc(F)c1C(=O)NCCO. The second kappa shape index (κ2) is 5.31. The van der Waals surface area contributed by atoms with Crippen LogP contribution < -0.4 is 10.1 Å². The number of hydrogen-bond donors (Lipinski definition) is 2. The summed E-state index contributed by atoms with van der Waals surface area (Å²) in [5.74, 6) is -1.07. The number of methoxy groups -OCH3 is 1. The minimum Gasteiger partial charge on any atom is -0.496 e. The number of hydrogen-bond acceptors (Lipinski definition) is 3. The first kappa shape index (κ1) is 11.5. The number of ether oxygens (including phenoxy) is 1. The maximum atomic E-state index is 13.3. The highest BCUT2D eigenvalue weighted by molar-refractivity contribution is 5.97. The number of amides is 1. The molecule has 0 saturated heterocycles. The fourth-order valence-corrected chi connectivity index (χ4v) is 1.15. The van der Waals surface area contributed by atoms with Gasteiger partial charge in [-0.25, -0.2) is 4.39 Å². The summed E-state index contributed by atoms with van der Waals surface area (Å²) in [6.45, 7) is -0.112. The fourth-order valence-electron chi connectivity index (χ4n) is 1.15. The average Bonchev–Trinajstić information content (AvgIpc) is 2.25. The highest BCUT2D eigenvalue weighted by Gasteiger charge is 2.16. The largest absolute Gasteiger partial charge is 0.496 e. The predicted molar refractivity (Wildman–Crippen MR) is 52.4 cm³/mol. The average molecular weight is 213 g/mol. The molecule has 15 heavy (non-hydrogen) atoms. The van der Waals surface area contributed by atoms with Crippen molar-refractivity contribution in [2.24, 2.45) is 0 Å². The Balaban J connectivity index is 2.95. The van der Waals surface area contributed by atoms with Crippen LogP contribution in [0.5, 0.6) is 5.75 Å². The van der Waals surface area contributed by atoms with Gasteiger partial charge in [-0.2, -0.15) is 0 Å². The molecule has 0 aromatic heterocycles.